The maximum Gasteiger partial charge on any atom is 0.406 e. The third-order valence-corrected chi connectivity index (χ3v) is 2.94. The Balaban J connectivity index is 3.15. The highest BCUT2D eigenvalue weighted by Gasteiger charge is 2.36. The molecule has 1 aromatic heterocycles. The van der Waals surface area contributed by atoms with E-state index < -0.39 is 24.0 Å². The van der Waals surface area contributed by atoms with Gasteiger partial charge in [0.1, 0.15) is 6.54 Å². The molecule has 0 unspecified atom stereocenters. The lowest BCUT2D eigenvalue weighted by atomic mass is 9.96. The summed E-state index contributed by atoms with van der Waals surface area (Å²) in [5.74, 6) is -0.730. The lowest BCUT2D eigenvalue weighted by Gasteiger charge is -2.30. The van der Waals surface area contributed by atoms with E-state index in [4.69, 9.17) is 16.3 Å². The van der Waals surface area contributed by atoms with Crippen molar-refractivity contribution in [2.24, 2.45) is 5.41 Å². The Morgan fingerprint density at radius 1 is 1.26 bits per heavy atom. The van der Waals surface area contributed by atoms with Gasteiger partial charge in [-0.15, -0.1) is 0 Å². The van der Waals surface area contributed by atoms with Crippen LogP contribution >= 0.6 is 11.6 Å². The molecular formula is C15H20ClF3N2O2. The summed E-state index contributed by atoms with van der Waals surface area (Å²) in [6, 6.07) is 2.84. The molecule has 1 aromatic rings. The number of carbonyl (C=O) groups excluding carboxylic acids is 1. The Labute approximate surface area is 138 Å². The first-order valence-electron chi connectivity index (χ1n) is 7.08. The largest absolute Gasteiger partial charge is 0.478 e. The molecule has 130 valence electrons. The average molecular weight is 353 g/mol. The molecule has 0 fully saturated rings. The van der Waals surface area contributed by atoms with Crippen LogP contribution in [0.1, 0.15) is 38.2 Å². The summed E-state index contributed by atoms with van der Waals surface area (Å²) >= 11 is 5.93. The number of nitrogens with zero attached hydrogens (tertiary/aromatic N) is 2. The summed E-state index contributed by atoms with van der Waals surface area (Å²) in [6.45, 7) is 5.84. The van der Waals surface area contributed by atoms with E-state index in [9.17, 15) is 18.0 Å². The van der Waals surface area contributed by atoms with Gasteiger partial charge in [-0.25, -0.2) is 4.98 Å². The molecule has 0 aliphatic heterocycles. The lowest BCUT2D eigenvalue weighted by Crippen LogP contribution is -2.43. The molecule has 0 radical (unpaired) electrons. The van der Waals surface area contributed by atoms with Crippen LogP contribution in [0.4, 0.5) is 13.2 Å². The highest BCUT2D eigenvalue weighted by Crippen LogP contribution is 2.25. The Morgan fingerprint density at radius 2 is 1.87 bits per heavy atom. The first-order valence-corrected chi connectivity index (χ1v) is 7.46. The van der Waals surface area contributed by atoms with Crippen LogP contribution in [-0.2, 0) is 0 Å². The van der Waals surface area contributed by atoms with Crippen molar-refractivity contribution in [3.8, 4) is 5.88 Å². The minimum absolute atomic E-state index is 0.0143. The number of pyridine rings is 1. The van der Waals surface area contributed by atoms with Crippen LogP contribution in [0, 0.1) is 5.41 Å². The fourth-order valence-electron chi connectivity index (χ4n) is 1.94. The molecule has 0 aliphatic rings. The standard InChI is InChI=1S/C15H20ClF3N2O2/c1-5-23-11-7-6-10(16)12(20-11)13(22)21(8-14(2,3)4)9-15(17,18)19/h6-7H,5,8-9H2,1-4H3. The van der Waals surface area contributed by atoms with Gasteiger partial charge in [-0.3, -0.25) is 4.79 Å². The molecule has 0 bridgehead atoms. The zero-order chi connectivity index (χ0) is 17.8. The van der Waals surface area contributed by atoms with Crippen LogP contribution < -0.4 is 4.74 Å². The number of ether oxygens (including phenoxy) is 1. The van der Waals surface area contributed by atoms with Crippen molar-refractivity contribution in [2.75, 3.05) is 19.7 Å². The number of aromatic nitrogens is 1. The van der Waals surface area contributed by atoms with E-state index in [1.54, 1.807) is 27.7 Å². The zero-order valence-corrected chi connectivity index (χ0v) is 14.3. The second-order valence-corrected chi connectivity index (χ2v) is 6.66. The number of halogens is 4. The smallest absolute Gasteiger partial charge is 0.406 e. The van der Waals surface area contributed by atoms with Crippen LogP contribution in [0.3, 0.4) is 0 Å². The molecule has 0 saturated carbocycles. The summed E-state index contributed by atoms with van der Waals surface area (Å²) in [7, 11) is 0. The van der Waals surface area contributed by atoms with Crippen molar-refractivity contribution in [1.82, 2.24) is 9.88 Å². The maximum absolute atomic E-state index is 12.8. The highest BCUT2D eigenvalue weighted by molar-refractivity contribution is 6.33. The van der Waals surface area contributed by atoms with E-state index in [2.05, 4.69) is 4.98 Å². The molecular weight excluding hydrogens is 333 g/mol. The molecule has 4 nitrogen and oxygen atoms in total. The first kappa shape index (κ1) is 19.5. The molecule has 1 heterocycles. The van der Waals surface area contributed by atoms with Gasteiger partial charge in [-0.2, -0.15) is 13.2 Å². The van der Waals surface area contributed by atoms with E-state index in [0.29, 0.717) is 11.5 Å². The molecule has 0 aliphatic carbocycles. The lowest BCUT2D eigenvalue weighted by molar-refractivity contribution is -0.142. The predicted molar refractivity (Wildman–Crippen MR) is 81.8 cm³/mol. The van der Waals surface area contributed by atoms with Crippen LogP contribution in [0.2, 0.25) is 5.02 Å². The summed E-state index contributed by atoms with van der Waals surface area (Å²) in [4.78, 5) is 17.1. The van der Waals surface area contributed by atoms with Gasteiger partial charge in [0.2, 0.25) is 5.88 Å². The van der Waals surface area contributed by atoms with Crippen molar-refractivity contribution in [2.45, 2.75) is 33.9 Å². The Morgan fingerprint density at radius 3 is 2.35 bits per heavy atom. The molecule has 1 rings (SSSR count). The van der Waals surface area contributed by atoms with Crippen molar-refractivity contribution < 1.29 is 22.7 Å². The van der Waals surface area contributed by atoms with Gasteiger partial charge in [-0.1, -0.05) is 32.4 Å². The molecule has 0 aromatic carbocycles. The summed E-state index contributed by atoms with van der Waals surface area (Å²) < 4.78 is 43.5. The number of hydrogen-bond donors (Lipinski definition) is 0. The van der Waals surface area contributed by atoms with E-state index >= 15 is 0 Å². The van der Waals surface area contributed by atoms with Crippen LogP contribution in [0.25, 0.3) is 0 Å². The van der Waals surface area contributed by atoms with Crippen molar-refractivity contribution in [3.63, 3.8) is 0 Å². The number of alkyl halides is 3. The quantitative estimate of drug-likeness (QED) is 0.798. The predicted octanol–water partition coefficient (Wildman–Crippen LogP) is 4.18. The topological polar surface area (TPSA) is 42.4 Å². The first-order chi connectivity index (χ1) is 10.4. The third-order valence-electron chi connectivity index (χ3n) is 2.64. The molecule has 0 N–H and O–H groups in total. The minimum atomic E-state index is -4.51. The fourth-order valence-corrected chi connectivity index (χ4v) is 2.13. The number of rotatable bonds is 5. The second-order valence-electron chi connectivity index (χ2n) is 6.25. The molecule has 1 amide bonds. The summed E-state index contributed by atoms with van der Waals surface area (Å²) in [5, 5.41) is -0.0143. The van der Waals surface area contributed by atoms with Gasteiger partial charge in [-0.05, 0) is 18.4 Å². The van der Waals surface area contributed by atoms with Gasteiger partial charge in [0, 0.05) is 12.6 Å². The number of hydrogen-bond acceptors (Lipinski definition) is 3. The average Bonchev–Trinajstić information content (AvgIpc) is 2.36. The molecule has 23 heavy (non-hydrogen) atoms. The van der Waals surface area contributed by atoms with Crippen LogP contribution in [0.15, 0.2) is 12.1 Å². The summed E-state index contributed by atoms with van der Waals surface area (Å²) in [6.07, 6.45) is -4.51. The fraction of sp³-hybridized carbons (Fsp3) is 0.600. The molecule has 0 spiro atoms. The van der Waals surface area contributed by atoms with Gasteiger partial charge in [0.25, 0.3) is 5.91 Å². The van der Waals surface area contributed by atoms with Gasteiger partial charge < -0.3 is 9.64 Å². The van der Waals surface area contributed by atoms with Crippen LogP contribution in [0.5, 0.6) is 5.88 Å². The van der Waals surface area contributed by atoms with Gasteiger partial charge in [0.15, 0.2) is 5.69 Å². The molecule has 0 saturated heterocycles. The zero-order valence-electron chi connectivity index (χ0n) is 13.5. The normalized spacial score (nSPS) is 12.2. The maximum atomic E-state index is 12.8. The number of amides is 1. The van der Waals surface area contributed by atoms with Crippen molar-refractivity contribution in [1.29, 1.82) is 0 Å². The second kappa shape index (κ2) is 7.38. The van der Waals surface area contributed by atoms with E-state index in [1.807, 2.05) is 0 Å². The van der Waals surface area contributed by atoms with E-state index in [-0.39, 0.29) is 23.1 Å². The van der Waals surface area contributed by atoms with Crippen molar-refractivity contribution >= 4 is 17.5 Å². The van der Waals surface area contributed by atoms with Crippen LogP contribution in [-0.4, -0.2) is 41.7 Å². The minimum Gasteiger partial charge on any atom is -0.478 e. The molecule has 0 atom stereocenters. The monoisotopic (exact) mass is 352 g/mol. The Bertz CT molecular complexity index is 541. The Kier molecular flexibility index (Phi) is 6.27. The third kappa shape index (κ3) is 6.64. The van der Waals surface area contributed by atoms with Crippen molar-refractivity contribution in [3.05, 3.63) is 22.8 Å². The summed E-state index contributed by atoms with van der Waals surface area (Å²) in [5.41, 5.74) is -0.753. The highest BCUT2D eigenvalue weighted by atomic mass is 35.5. The van der Waals surface area contributed by atoms with E-state index in [0.717, 1.165) is 0 Å². The van der Waals surface area contributed by atoms with Gasteiger partial charge in [0.05, 0.1) is 11.6 Å². The molecule has 8 heteroatoms. The van der Waals surface area contributed by atoms with Gasteiger partial charge >= 0.3 is 6.18 Å². The Hall–Kier alpha value is -1.50. The SMILES string of the molecule is CCOc1ccc(Cl)c(C(=O)N(CC(C)(C)C)CC(F)(F)F)n1. The number of carbonyl (C=O) groups is 1. The van der Waals surface area contributed by atoms with E-state index in [1.165, 1.54) is 12.1 Å².